The highest BCUT2D eigenvalue weighted by molar-refractivity contribution is 6.40. The van der Waals surface area contributed by atoms with Crippen molar-refractivity contribution in [2.24, 2.45) is 0 Å². The monoisotopic (exact) mass is 450 g/mol. The molecule has 0 amide bonds. The average Bonchev–Trinajstić information content (AvgIpc) is 2.73. The summed E-state index contributed by atoms with van der Waals surface area (Å²) in [6.07, 6.45) is -0.434. The van der Waals surface area contributed by atoms with Crippen LogP contribution in [0.5, 0.6) is 11.5 Å². The number of fused-ring (bicyclic) bond motifs is 2. The molecular formula is C22H20Cl2O6. The number of carbonyl (C=O) groups excluding carboxylic acids is 2. The normalized spacial score (nSPS) is 10.8. The molecule has 0 N–H and O–H groups in total. The first-order valence-electron chi connectivity index (χ1n) is 9.49. The highest BCUT2D eigenvalue weighted by Crippen LogP contribution is 2.47. The summed E-state index contributed by atoms with van der Waals surface area (Å²) in [4.78, 5) is 24.4. The fraction of sp³-hybridized carbons (Fsp3) is 0.273. The van der Waals surface area contributed by atoms with Gasteiger partial charge in [-0.25, -0.2) is 9.59 Å². The highest BCUT2D eigenvalue weighted by atomic mass is 35.5. The lowest BCUT2D eigenvalue weighted by Crippen LogP contribution is -2.13. The van der Waals surface area contributed by atoms with Crippen molar-refractivity contribution in [3.8, 4) is 11.5 Å². The molecule has 0 radical (unpaired) electrons. The molecule has 0 heterocycles. The topological polar surface area (TPSA) is 71.1 Å². The van der Waals surface area contributed by atoms with Gasteiger partial charge in [-0.15, -0.1) is 0 Å². The van der Waals surface area contributed by atoms with Crippen molar-refractivity contribution in [3.05, 3.63) is 46.4 Å². The van der Waals surface area contributed by atoms with E-state index in [2.05, 4.69) is 0 Å². The molecule has 0 aromatic heterocycles. The third-order valence-electron chi connectivity index (χ3n) is 4.19. The molecule has 0 saturated carbocycles. The van der Waals surface area contributed by atoms with E-state index >= 15 is 0 Å². The van der Waals surface area contributed by atoms with E-state index in [1.165, 1.54) is 0 Å². The molecule has 30 heavy (non-hydrogen) atoms. The van der Waals surface area contributed by atoms with Crippen LogP contribution in [0.3, 0.4) is 0 Å². The Morgan fingerprint density at radius 1 is 0.733 bits per heavy atom. The van der Waals surface area contributed by atoms with E-state index in [1.807, 2.05) is 13.8 Å². The summed E-state index contributed by atoms with van der Waals surface area (Å²) >= 11 is 12.9. The van der Waals surface area contributed by atoms with Gasteiger partial charge in [0.25, 0.3) is 0 Å². The Bertz CT molecular complexity index is 1030. The number of ether oxygens (including phenoxy) is 4. The van der Waals surface area contributed by atoms with Crippen LogP contribution in [0.25, 0.3) is 21.5 Å². The lowest BCUT2D eigenvalue weighted by atomic mass is 10.0. The Kier molecular flexibility index (Phi) is 7.24. The van der Waals surface area contributed by atoms with Gasteiger partial charge >= 0.3 is 12.3 Å². The van der Waals surface area contributed by atoms with E-state index in [0.717, 1.165) is 0 Å². The molecule has 3 aromatic carbocycles. The van der Waals surface area contributed by atoms with Gasteiger partial charge in [0.05, 0.1) is 23.3 Å². The highest BCUT2D eigenvalue weighted by Gasteiger charge is 2.24. The van der Waals surface area contributed by atoms with Crippen LogP contribution in [0.15, 0.2) is 36.4 Å². The van der Waals surface area contributed by atoms with Crippen LogP contribution in [0.4, 0.5) is 9.59 Å². The van der Waals surface area contributed by atoms with Crippen molar-refractivity contribution in [1.29, 1.82) is 0 Å². The van der Waals surface area contributed by atoms with Crippen molar-refractivity contribution in [3.63, 3.8) is 0 Å². The molecule has 0 spiro atoms. The predicted molar refractivity (Wildman–Crippen MR) is 116 cm³/mol. The summed E-state index contributed by atoms with van der Waals surface area (Å²) in [5.41, 5.74) is 0. The molecule has 158 valence electrons. The lowest BCUT2D eigenvalue weighted by Gasteiger charge is -2.17. The van der Waals surface area contributed by atoms with Crippen molar-refractivity contribution in [2.45, 2.75) is 26.7 Å². The van der Waals surface area contributed by atoms with E-state index in [1.54, 1.807) is 36.4 Å². The molecule has 0 aliphatic carbocycles. The minimum atomic E-state index is -0.879. The van der Waals surface area contributed by atoms with Gasteiger partial charge in [-0.1, -0.05) is 61.3 Å². The molecule has 0 aliphatic heterocycles. The Morgan fingerprint density at radius 2 is 1.17 bits per heavy atom. The quantitative estimate of drug-likeness (QED) is 0.225. The van der Waals surface area contributed by atoms with Gasteiger partial charge in [-0.2, -0.15) is 0 Å². The Hall–Kier alpha value is -2.70. The van der Waals surface area contributed by atoms with Gasteiger partial charge in [0.2, 0.25) is 0 Å². The second-order valence-electron chi connectivity index (χ2n) is 6.38. The van der Waals surface area contributed by atoms with Crippen LogP contribution in [-0.2, 0) is 9.47 Å². The fourth-order valence-electron chi connectivity index (χ4n) is 2.97. The molecule has 0 aliphatic rings. The second-order valence-corrected chi connectivity index (χ2v) is 7.20. The molecule has 3 aromatic rings. The third-order valence-corrected chi connectivity index (χ3v) is 4.82. The van der Waals surface area contributed by atoms with Crippen molar-refractivity contribution >= 4 is 57.1 Å². The molecule has 8 heteroatoms. The zero-order valence-electron chi connectivity index (χ0n) is 16.5. The van der Waals surface area contributed by atoms with E-state index in [-0.39, 0.29) is 24.7 Å². The summed E-state index contributed by atoms with van der Waals surface area (Å²) < 4.78 is 21.2. The SMILES string of the molecule is CCCOC(=O)Oc1c2cccc(Cl)c2c(OC(=O)OCCC)c2c(Cl)cccc12. The zero-order chi connectivity index (χ0) is 21.7. The van der Waals surface area contributed by atoms with Crippen molar-refractivity contribution in [1.82, 2.24) is 0 Å². The third kappa shape index (κ3) is 4.55. The van der Waals surface area contributed by atoms with Crippen LogP contribution in [0.2, 0.25) is 10.0 Å². The van der Waals surface area contributed by atoms with Crippen molar-refractivity contribution < 1.29 is 28.5 Å². The number of benzene rings is 3. The first kappa shape index (κ1) is 22.0. The average molecular weight is 451 g/mol. The minimum absolute atomic E-state index is 0.131. The lowest BCUT2D eigenvalue weighted by molar-refractivity contribution is 0.0984. The first-order chi connectivity index (χ1) is 14.5. The summed E-state index contributed by atoms with van der Waals surface area (Å²) in [6.45, 7) is 4.18. The molecule has 0 saturated heterocycles. The molecule has 0 fully saturated rings. The Labute approximate surface area is 183 Å². The van der Waals surface area contributed by atoms with Gasteiger partial charge in [-0.3, -0.25) is 0 Å². The van der Waals surface area contributed by atoms with Crippen molar-refractivity contribution in [2.75, 3.05) is 13.2 Å². The Balaban J connectivity index is 2.26. The van der Waals surface area contributed by atoms with Crippen LogP contribution < -0.4 is 9.47 Å². The van der Waals surface area contributed by atoms with Gasteiger partial charge in [0, 0.05) is 21.5 Å². The molecule has 6 nitrogen and oxygen atoms in total. The number of halogens is 2. The summed E-state index contributed by atoms with van der Waals surface area (Å²) in [5, 5.41) is 2.24. The van der Waals surface area contributed by atoms with E-state index in [9.17, 15) is 9.59 Å². The van der Waals surface area contributed by atoms with Crippen LogP contribution in [-0.4, -0.2) is 25.5 Å². The summed E-state index contributed by atoms with van der Waals surface area (Å²) in [6, 6.07) is 10.1. The molecule has 0 unspecified atom stereocenters. The molecular weight excluding hydrogens is 431 g/mol. The maximum absolute atomic E-state index is 12.2. The van der Waals surface area contributed by atoms with Crippen LogP contribution >= 0.6 is 23.2 Å². The standard InChI is InChI=1S/C22H20Cl2O6/c1-3-11-27-21(25)29-19-13-7-5-9-15(23)17(13)20(30-22(26)28-12-4-2)18-14(19)8-6-10-16(18)24/h5-10H,3-4,11-12H2,1-2H3. The van der Waals surface area contributed by atoms with Gasteiger partial charge in [-0.05, 0) is 25.0 Å². The number of hydrogen-bond acceptors (Lipinski definition) is 6. The molecule has 3 rings (SSSR count). The minimum Gasteiger partial charge on any atom is -0.434 e. The second kappa shape index (κ2) is 9.87. The molecule has 0 bridgehead atoms. The first-order valence-corrected chi connectivity index (χ1v) is 10.2. The van der Waals surface area contributed by atoms with E-state index in [0.29, 0.717) is 44.4 Å². The van der Waals surface area contributed by atoms with Gasteiger partial charge < -0.3 is 18.9 Å². The van der Waals surface area contributed by atoms with Gasteiger partial charge in [0.15, 0.2) is 11.5 Å². The maximum atomic E-state index is 12.2. The van der Waals surface area contributed by atoms with Crippen LogP contribution in [0, 0.1) is 0 Å². The Morgan fingerprint density at radius 3 is 1.60 bits per heavy atom. The largest absolute Gasteiger partial charge is 0.513 e. The van der Waals surface area contributed by atoms with Gasteiger partial charge in [0.1, 0.15) is 0 Å². The summed E-state index contributed by atoms with van der Waals surface area (Å²) in [5.74, 6) is 0.340. The zero-order valence-corrected chi connectivity index (χ0v) is 18.0. The van der Waals surface area contributed by atoms with E-state index in [4.69, 9.17) is 42.1 Å². The smallest absolute Gasteiger partial charge is 0.434 e. The summed E-state index contributed by atoms with van der Waals surface area (Å²) in [7, 11) is 0. The fourth-order valence-corrected chi connectivity index (χ4v) is 3.49. The predicted octanol–water partition coefficient (Wildman–Crippen LogP) is 7.15. The van der Waals surface area contributed by atoms with Crippen LogP contribution in [0.1, 0.15) is 26.7 Å². The number of hydrogen-bond donors (Lipinski definition) is 0. The van der Waals surface area contributed by atoms with E-state index < -0.39 is 12.3 Å². The maximum Gasteiger partial charge on any atom is 0.513 e. The molecule has 0 atom stereocenters. The number of rotatable bonds is 6. The number of carbonyl (C=O) groups is 2.